The Morgan fingerprint density at radius 1 is 1.33 bits per heavy atom. The number of hydrogen-bond acceptors (Lipinski definition) is 3. The second kappa shape index (κ2) is 6.67. The summed E-state index contributed by atoms with van der Waals surface area (Å²) in [5.41, 5.74) is 1.22. The topological polar surface area (TPSA) is 24.9 Å². The number of aromatic nitrogens is 1. The lowest BCUT2D eigenvalue weighted by molar-refractivity contribution is 0.346. The average molecular weight is 266 g/mol. The quantitative estimate of drug-likeness (QED) is 0.845. The minimum Gasteiger partial charge on any atom is -0.314 e. The summed E-state index contributed by atoms with van der Waals surface area (Å²) in [5.74, 6) is 0.909. The summed E-state index contributed by atoms with van der Waals surface area (Å²) in [6, 6.07) is 0.710. The molecule has 0 radical (unpaired) electrons. The molecule has 1 atom stereocenters. The van der Waals surface area contributed by atoms with Gasteiger partial charge in [-0.1, -0.05) is 19.8 Å². The first kappa shape index (κ1) is 14.0. The van der Waals surface area contributed by atoms with Gasteiger partial charge in [-0.2, -0.15) is 0 Å². The van der Waals surface area contributed by atoms with Crippen LogP contribution in [0, 0.1) is 19.8 Å². The Bertz CT molecular complexity index is 347. The molecule has 1 N–H and O–H groups in total. The number of nitrogens with zero attached hydrogens (tertiary/aromatic N) is 1. The molecule has 18 heavy (non-hydrogen) atoms. The summed E-state index contributed by atoms with van der Waals surface area (Å²) in [4.78, 5) is 6.04. The number of thiazole rings is 1. The summed E-state index contributed by atoms with van der Waals surface area (Å²) < 4.78 is 0. The van der Waals surface area contributed by atoms with Crippen molar-refractivity contribution in [3.05, 3.63) is 15.6 Å². The van der Waals surface area contributed by atoms with E-state index < -0.39 is 0 Å². The smallest absolute Gasteiger partial charge is 0.0931 e. The SMILES string of the molecule is CCNC(CCc1nc(C)c(C)s1)C1CCCC1. The van der Waals surface area contributed by atoms with Gasteiger partial charge in [0.25, 0.3) is 0 Å². The van der Waals surface area contributed by atoms with E-state index in [1.54, 1.807) is 0 Å². The van der Waals surface area contributed by atoms with Crippen molar-refractivity contribution in [2.24, 2.45) is 5.92 Å². The maximum Gasteiger partial charge on any atom is 0.0931 e. The Morgan fingerprint density at radius 3 is 2.61 bits per heavy atom. The molecule has 0 aromatic carbocycles. The number of aryl methyl sites for hydroxylation is 3. The molecule has 1 aliphatic carbocycles. The molecule has 0 amide bonds. The molecule has 1 heterocycles. The third-order valence-electron chi connectivity index (χ3n) is 4.18. The molecule has 3 heteroatoms. The summed E-state index contributed by atoms with van der Waals surface area (Å²) in [6.07, 6.45) is 8.11. The molecule has 2 nitrogen and oxygen atoms in total. The molecular weight excluding hydrogens is 240 g/mol. The molecule has 1 fully saturated rings. The standard InChI is InChI=1S/C15H26N2S/c1-4-16-14(13-7-5-6-8-13)9-10-15-17-11(2)12(3)18-15/h13-14,16H,4-10H2,1-3H3. The van der Waals surface area contributed by atoms with Gasteiger partial charge in [0.05, 0.1) is 10.7 Å². The minimum atomic E-state index is 0.710. The Morgan fingerprint density at radius 2 is 2.06 bits per heavy atom. The zero-order valence-corrected chi connectivity index (χ0v) is 12.8. The fourth-order valence-electron chi connectivity index (χ4n) is 3.05. The Hall–Kier alpha value is -0.410. The minimum absolute atomic E-state index is 0.710. The second-order valence-electron chi connectivity index (χ2n) is 5.50. The highest BCUT2D eigenvalue weighted by molar-refractivity contribution is 7.11. The number of hydrogen-bond donors (Lipinski definition) is 1. The van der Waals surface area contributed by atoms with Crippen LogP contribution in [0.4, 0.5) is 0 Å². The molecular formula is C15H26N2S. The molecule has 1 aliphatic rings. The summed E-state index contributed by atoms with van der Waals surface area (Å²) in [7, 11) is 0. The number of nitrogens with one attached hydrogen (secondary N) is 1. The van der Waals surface area contributed by atoms with Gasteiger partial charge in [-0.25, -0.2) is 4.98 Å². The van der Waals surface area contributed by atoms with Crippen molar-refractivity contribution in [3.8, 4) is 0 Å². The highest BCUT2D eigenvalue weighted by Crippen LogP contribution is 2.30. The lowest BCUT2D eigenvalue weighted by atomic mass is 9.94. The summed E-state index contributed by atoms with van der Waals surface area (Å²) in [5, 5.41) is 5.02. The van der Waals surface area contributed by atoms with Crippen molar-refractivity contribution in [2.45, 2.75) is 65.3 Å². The van der Waals surface area contributed by atoms with Crippen molar-refractivity contribution in [2.75, 3.05) is 6.54 Å². The van der Waals surface area contributed by atoms with Crippen molar-refractivity contribution in [1.82, 2.24) is 10.3 Å². The van der Waals surface area contributed by atoms with E-state index in [-0.39, 0.29) is 0 Å². The highest BCUT2D eigenvalue weighted by atomic mass is 32.1. The maximum atomic E-state index is 4.66. The largest absolute Gasteiger partial charge is 0.314 e. The predicted octanol–water partition coefficient (Wildman–Crippen LogP) is 3.86. The van der Waals surface area contributed by atoms with Gasteiger partial charge in [-0.15, -0.1) is 11.3 Å². The van der Waals surface area contributed by atoms with Crippen LogP contribution in [0.2, 0.25) is 0 Å². The van der Waals surface area contributed by atoms with Crippen LogP contribution < -0.4 is 5.32 Å². The number of rotatable bonds is 6. The third-order valence-corrected chi connectivity index (χ3v) is 5.31. The van der Waals surface area contributed by atoms with E-state index in [1.807, 2.05) is 11.3 Å². The molecule has 0 spiro atoms. The van der Waals surface area contributed by atoms with Gasteiger partial charge < -0.3 is 5.32 Å². The normalized spacial score (nSPS) is 18.4. The van der Waals surface area contributed by atoms with E-state index in [9.17, 15) is 0 Å². The van der Waals surface area contributed by atoms with Gasteiger partial charge in [-0.05, 0) is 45.6 Å². The van der Waals surface area contributed by atoms with Crippen molar-refractivity contribution in [3.63, 3.8) is 0 Å². The van der Waals surface area contributed by atoms with Crippen molar-refractivity contribution in [1.29, 1.82) is 0 Å². The van der Waals surface area contributed by atoms with Crippen LogP contribution in [0.1, 0.15) is 54.6 Å². The van der Waals surface area contributed by atoms with Gasteiger partial charge in [-0.3, -0.25) is 0 Å². The van der Waals surface area contributed by atoms with Gasteiger partial charge in [0.15, 0.2) is 0 Å². The van der Waals surface area contributed by atoms with Gasteiger partial charge in [0.2, 0.25) is 0 Å². The zero-order chi connectivity index (χ0) is 13.0. The van der Waals surface area contributed by atoms with E-state index in [2.05, 4.69) is 31.1 Å². The summed E-state index contributed by atoms with van der Waals surface area (Å²) >= 11 is 1.88. The average Bonchev–Trinajstić information content (AvgIpc) is 2.96. The Labute approximate surface area is 115 Å². The van der Waals surface area contributed by atoms with E-state index in [4.69, 9.17) is 0 Å². The molecule has 1 aromatic rings. The first-order valence-electron chi connectivity index (χ1n) is 7.37. The Balaban J connectivity index is 1.88. The van der Waals surface area contributed by atoms with E-state index >= 15 is 0 Å². The monoisotopic (exact) mass is 266 g/mol. The third kappa shape index (κ3) is 3.55. The van der Waals surface area contributed by atoms with Gasteiger partial charge >= 0.3 is 0 Å². The van der Waals surface area contributed by atoms with Crippen LogP contribution in [0.25, 0.3) is 0 Å². The fraction of sp³-hybridized carbons (Fsp3) is 0.800. The van der Waals surface area contributed by atoms with Gasteiger partial charge in [0, 0.05) is 17.3 Å². The lowest BCUT2D eigenvalue weighted by Gasteiger charge is -2.23. The molecule has 1 aromatic heterocycles. The molecule has 0 bridgehead atoms. The molecule has 2 rings (SSSR count). The van der Waals surface area contributed by atoms with Crippen LogP contribution in [-0.4, -0.2) is 17.6 Å². The fourth-order valence-corrected chi connectivity index (χ4v) is 4.00. The van der Waals surface area contributed by atoms with Crippen LogP contribution in [0.15, 0.2) is 0 Å². The van der Waals surface area contributed by atoms with Crippen LogP contribution in [-0.2, 0) is 6.42 Å². The predicted molar refractivity (Wildman–Crippen MR) is 79.3 cm³/mol. The highest BCUT2D eigenvalue weighted by Gasteiger charge is 2.24. The lowest BCUT2D eigenvalue weighted by Crippen LogP contribution is -2.35. The molecule has 0 saturated heterocycles. The Kier molecular flexibility index (Phi) is 5.19. The van der Waals surface area contributed by atoms with E-state index in [0.29, 0.717) is 6.04 Å². The van der Waals surface area contributed by atoms with Crippen molar-refractivity contribution >= 4 is 11.3 Å². The first-order chi connectivity index (χ1) is 8.70. The van der Waals surface area contributed by atoms with E-state index in [0.717, 1.165) is 18.9 Å². The van der Waals surface area contributed by atoms with Gasteiger partial charge in [0.1, 0.15) is 0 Å². The van der Waals surface area contributed by atoms with Crippen LogP contribution >= 0.6 is 11.3 Å². The molecule has 1 unspecified atom stereocenters. The molecule has 1 saturated carbocycles. The summed E-state index contributed by atoms with van der Waals surface area (Å²) in [6.45, 7) is 7.61. The zero-order valence-electron chi connectivity index (χ0n) is 12.0. The van der Waals surface area contributed by atoms with Crippen LogP contribution in [0.3, 0.4) is 0 Å². The molecule has 0 aliphatic heterocycles. The van der Waals surface area contributed by atoms with Crippen LogP contribution in [0.5, 0.6) is 0 Å². The first-order valence-corrected chi connectivity index (χ1v) is 8.18. The van der Waals surface area contributed by atoms with Crippen molar-refractivity contribution < 1.29 is 0 Å². The second-order valence-corrected chi connectivity index (χ2v) is 6.78. The molecule has 102 valence electrons. The maximum absolute atomic E-state index is 4.66. The van der Waals surface area contributed by atoms with E-state index in [1.165, 1.54) is 47.7 Å².